The van der Waals surface area contributed by atoms with Gasteiger partial charge in [-0.05, 0) is 0 Å². The zero-order chi connectivity index (χ0) is 11.9. The first-order chi connectivity index (χ1) is 6.60. The molecule has 1 aliphatic rings. The summed E-state index contributed by atoms with van der Waals surface area (Å²) in [7, 11) is 0. The summed E-state index contributed by atoms with van der Waals surface area (Å²) in [4.78, 5) is 0.754. The molecule has 1 atom stereocenters. The molecule has 1 heterocycles. The van der Waals surface area contributed by atoms with Crippen LogP contribution in [0.1, 0.15) is 48.5 Å². The molecule has 0 saturated heterocycles. The second kappa shape index (κ2) is 4.11. The Balaban J connectivity index is 2.96. The van der Waals surface area contributed by atoms with E-state index in [1.54, 1.807) is 4.47 Å². The first-order valence-corrected chi connectivity index (χ1v) is 7.52. The topological polar surface area (TPSA) is 0 Å². The Morgan fingerprint density at radius 3 is 2.00 bits per heavy atom. The van der Waals surface area contributed by atoms with Crippen molar-refractivity contribution in [1.29, 1.82) is 0 Å². The van der Waals surface area contributed by atoms with Crippen molar-refractivity contribution in [2.45, 2.75) is 53.3 Å². The Hall–Kier alpha value is -0.000519. The third-order valence-corrected chi connectivity index (χ3v) is 6.99. The van der Waals surface area contributed by atoms with Gasteiger partial charge in [-0.2, -0.15) is 0 Å². The Morgan fingerprint density at radius 1 is 1.07 bits per heavy atom. The molecule has 0 amide bonds. The number of rotatable bonds is 0. The van der Waals surface area contributed by atoms with Crippen LogP contribution >= 0.6 is 0 Å². The van der Waals surface area contributed by atoms with Crippen LogP contribution in [0.4, 0.5) is 0 Å². The fourth-order valence-electron chi connectivity index (χ4n) is 1.52. The Kier molecular flexibility index (Phi) is 3.58. The van der Waals surface area contributed by atoms with Gasteiger partial charge in [-0.3, -0.25) is 0 Å². The summed E-state index contributed by atoms with van der Waals surface area (Å²) < 4.78 is 1.66. The minimum absolute atomic E-state index is 0.346. The quantitative estimate of drug-likeness (QED) is 0.572. The first kappa shape index (κ1) is 13.1. The molecule has 1 unspecified atom stereocenters. The second-order valence-electron chi connectivity index (χ2n) is 6.57. The Bertz CT molecular complexity index is 294. The van der Waals surface area contributed by atoms with Crippen LogP contribution in [0, 0.1) is 10.8 Å². The normalized spacial score (nSPS) is 23.5. The molecule has 0 bridgehead atoms. The molecule has 1 aliphatic heterocycles. The van der Waals surface area contributed by atoms with Gasteiger partial charge in [0.15, 0.2) is 0 Å². The molecule has 0 saturated carbocycles. The molecule has 0 aromatic heterocycles. The predicted octanol–water partition coefficient (Wildman–Crippen LogP) is 4.42. The zero-order valence-corrected chi connectivity index (χ0v) is 12.9. The van der Waals surface area contributed by atoms with Gasteiger partial charge >= 0.3 is 101 Å². The summed E-state index contributed by atoms with van der Waals surface area (Å²) in [6.45, 7) is 16.3. The van der Waals surface area contributed by atoms with Crippen LogP contribution in [0.25, 0.3) is 0 Å². The number of hydrogen-bond donors (Lipinski definition) is 0. The third kappa shape index (κ3) is 3.50. The maximum atomic E-state index is 2.47. The molecule has 0 aromatic rings. The van der Waals surface area contributed by atoms with Crippen LogP contribution in [-0.2, 0) is 0 Å². The van der Waals surface area contributed by atoms with Crippen molar-refractivity contribution in [1.82, 2.24) is 0 Å². The molecular weight excluding hydrogens is 247 g/mol. The molecule has 1 rings (SSSR count). The van der Waals surface area contributed by atoms with Crippen LogP contribution in [0.5, 0.6) is 0 Å². The summed E-state index contributed by atoms with van der Waals surface area (Å²) >= 11 is 0.621. The first-order valence-electron chi connectivity index (χ1n) is 5.68. The van der Waals surface area contributed by atoms with Gasteiger partial charge in [-0.25, -0.2) is 0 Å². The van der Waals surface area contributed by atoms with Gasteiger partial charge in [0.25, 0.3) is 0 Å². The van der Waals surface area contributed by atoms with E-state index in [2.05, 4.69) is 60.6 Å². The molecule has 0 radical (unpaired) electrons. The van der Waals surface area contributed by atoms with Gasteiger partial charge in [0.05, 0.1) is 0 Å². The SMILES string of the molecule is CC1=CC(C(C)(C)C)[Se]C(C(C)(C)C)=C1. The third-order valence-electron chi connectivity index (χ3n) is 2.62. The molecule has 0 aromatic carbocycles. The van der Waals surface area contributed by atoms with Gasteiger partial charge in [-0.15, -0.1) is 0 Å². The summed E-state index contributed by atoms with van der Waals surface area (Å²) in [5, 5.41) is 0. The van der Waals surface area contributed by atoms with Crippen molar-refractivity contribution in [3.63, 3.8) is 0 Å². The van der Waals surface area contributed by atoms with Crippen molar-refractivity contribution in [3.05, 3.63) is 22.2 Å². The van der Waals surface area contributed by atoms with E-state index in [1.165, 1.54) is 5.57 Å². The second-order valence-corrected chi connectivity index (χ2v) is 9.06. The van der Waals surface area contributed by atoms with E-state index in [9.17, 15) is 0 Å². The standard InChI is InChI=1S/C14H24Se/c1-10-8-11(13(2,3)4)15-12(9-10)14(5,6)7/h8-9,11H,1-7H3. The molecular formula is C14H24Se. The molecule has 0 nitrogen and oxygen atoms in total. The maximum absolute atomic E-state index is 2.47. The van der Waals surface area contributed by atoms with Crippen LogP contribution in [0.2, 0.25) is 4.82 Å². The van der Waals surface area contributed by atoms with E-state index in [0.717, 1.165) is 4.82 Å². The van der Waals surface area contributed by atoms with E-state index in [-0.39, 0.29) is 0 Å². The molecule has 86 valence electrons. The molecule has 1 heteroatoms. The summed E-state index contributed by atoms with van der Waals surface area (Å²) in [5.41, 5.74) is 2.21. The van der Waals surface area contributed by atoms with E-state index < -0.39 is 0 Å². The van der Waals surface area contributed by atoms with E-state index in [4.69, 9.17) is 0 Å². The zero-order valence-electron chi connectivity index (χ0n) is 11.1. The van der Waals surface area contributed by atoms with E-state index >= 15 is 0 Å². The van der Waals surface area contributed by atoms with Crippen molar-refractivity contribution < 1.29 is 0 Å². The monoisotopic (exact) mass is 272 g/mol. The average molecular weight is 271 g/mol. The number of allylic oxidation sites excluding steroid dienone is 4. The molecule has 0 spiro atoms. The van der Waals surface area contributed by atoms with Gasteiger partial charge in [-0.1, -0.05) is 0 Å². The van der Waals surface area contributed by atoms with Crippen molar-refractivity contribution >= 4 is 15.0 Å². The van der Waals surface area contributed by atoms with Crippen molar-refractivity contribution in [2.24, 2.45) is 10.8 Å². The average Bonchev–Trinajstić information content (AvgIpc) is 1.99. The molecule has 15 heavy (non-hydrogen) atoms. The number of hydrogen-bond acceptors (Lipinski definition) is 0. The van der Waals surface area contributed by atoms with Gasteiger partial charge in [0, 0.05) is 0 Å². The fourth-order valence-corrected chi connectivity index (χ4v) is 4.70. The van der Waals surface area contributed by atoms with E-state index in [1.807, 2.05) is 0 Å². The summed E-state index contributed by atoms with van der Waals surface area (Å²) in [6.07, 6.45) is 4.87. The molecule has 0 aliphatic carbocycles. The summed E-state index contributed by atoms with van der Waals surface area (Å²) in [6, 6.07) is 0. The van der Waals surface area contributed by atoms with Crippen LogP contribution in [0.15, 0.2) is 22.2 Å². The fraction of sp³-hybridized carbons (Fsp3) is 0.714. The van der Waals surface area contributed by atoms with Crippen molar-refractivity contribution in [2.75, 3.05) is 0 Å². The van der Waals surface area contributed by atoms with Crippen LogP contribution in [0.3, 0.4) is 0 Å². The summed E-state index contributed by atoms with van der Waals surface area (Å²) in [5.74, 6) is 0. The van der Waals surface area contributed by atoms with E-state index in [0.29, 0.717) is 25.8 Å². The van der Waals surface area contributed by atoms with Crippen LogP contribution in [-0.4, -0.2) is 15.0 Å². The predicted molar refractivity (Wildman–Crippen MR) is 70.3 cm³/mol. The molecule has 0 N–H and O–H groups in total. The Morgan fingerprint density at radius 2 is 1.60 bits per heavy atom. The van der Waals surface area contributed by atoms with Gasteiger partial charge in [0.1, 0.15) is 0 Å². The van der Waals surface area contributed by atoms with Gasteiger partial charge in [0.2, 0.25) is 0 Å². The van der Waals surface area contributed by atoms with Gasteiger partial charge < -0.3 is 0 Å². The van der Waals surface area contributed by atoms with Crippen LogP contribution < -0.4 is 0 Å². The minimum atomic E-state index is 0.346. The molecule has 0 fully saturated rings. The van der Waals surface area contributed by atoms with Crippen molar-refractivity contribution in [3.8, 4) is 0 Å². The Labute approximate surface area is 101 Å².